The molecule has 0 spiro atoms. The van der Waals surface area contributed by atoms with Gasteiger partial charge in [0.25, 0.3) is 15.9 Å². The first-order chi connectivity index (χ1) is 14.0. The molecule has 7 heteroatoms. The molecule has 3 aromatic carbocycles. The zero-order valence-electron chi connectivity index (χ0n) is 16.0. The molecule has 3 aromatic rings. The molecular weight excluding hydrogens is 388 g/mol. The van der Waals surface area contributed by atoms with Gasteiger partial charge in [0, 0.05) is 17.8 Å². The summed E-state index contributed by atoms with van der Waals surface area (Å²) in [7, 11) is -2.09. The number of nitrogens with one attached hydrogen (secondary N) is 2. The molecule has 1 amide bonds. The molecule has 0 aromatic heterocycles. The summed E-state index contributed by atoms with van der Waals surface area (Å²) >= 11 is 0. The second-order valence-electron chi connectivity index (χ2n) is 6.35. The van der Waals surface area contributed by atoms with Gasteiger partial charge in [-0.3, -0.25) is 9.52 Å². The van der Waals surface area contributed by atoms with Gasteiger partial charge in [-0.25, -0.2) is 8.42 Å². The van der Waals surface area contributed by atoms with E-state index in [9.17, 15) is 13.2 Å². The summed E-state index contributed by atoms with van der Waals surface area (Å²) in [4.78, 5) is 12.6. The average Bonchev–Trinajstić information content (AvgIpc) is 2.74. The maximum Gasteiger partial charge on any atom is 0.261 e. The Kier molecular flexibility index (Phi) is 6.51. The van der Waals surface area contributed by atoms with E-state index >= 15 is 0 Å². The van der Waals surface area contributed by atoms with E-state index in [1.54, 1.807) is 43.5 Å². The van der Waals surface area contributed by atoms with Crippen molar-refractivity contribution in [2.45, 2.75) is 11.3 Å². The summed E-state index contributed by atoms with van der Waals surface area (Å²) in [6, 6.07) is 22.1. The summed E-state index contributed by atoms with van der Waals surface area (Å²) in [5, 5.41) is 2.85. The van der Waals surface area contributed by atoms with Crippen LogP contribution in [-0.2, 0) is 16.4 Å². The molecule has 0 aliphatic rings. The lowest BCUT2D eigenvalue weighted by molar-refractivity contribution is 0.0954. The van der Waals surface area contributed by atoms with Crippen LogP contribution in [0.4, 0.5) is 5.69 Å². The summed E-state index contributed by atoms with van der Waals surface area (Å²) in [5.41, 5.74) is 1.79. The molecule has 0 saturated heterocycles. The number of anilines is 1. The Morgan fingerprint density at radius 1 is 0.931 bits per heavy atom. The normalized spacial score (nSPS) is 10.9. The Morgan fingerprint density at radius 3 is 2.34 bits per heavy atom. The van der Waals surface area contributed by atoms with Gasteiger partial charge in [-0.05, 0) is 54.4 Å². The predicted molar refractivity (Wildman–Crippen MR) is 113 cm³/mol. The summed E-state index contributed by atoms with van der Waals surface area (Å²) in [5.74, 6) is 0.520. The predicted octanol–water partition coefficient (Wildman–Crippen LogP) is 3.47. The number of sulfonamides is 1. The van der Waals surface area contributed by atoms with Crippen LogP contribution in [0.3, 0.4) is 0 Å². The molecule has 0 radical (unpaired) electrons. The molecule has 6 nitrogen and oxygen atoms in total. The molecule has 0 aliphatic heterocycles. The van der Waals surface area contributed by atoms with Crippen LogP contribution in [0.2, 0.25) is 0 Å². The van der Waals surface area contributed by atoms with E-state index < -0.39 is 10.0 Å². The zero-order valence-corrected chi connectivity index (χ0v) is 16.8. The summed E-state index contributed by atoms with van der Waals surface area (Å²) in [6.45, 7) is 0.463. The van der Waals surface area contributed by atoms with E-state index in [2.05, 4.69) is 10.0 Å². The van der Waals surface area contributed by atoms with Crippen LogP contribution in [0.5, 0.6) is 5.75 Å². The monoisotopic (exact) mass is 410 g/mol. The molecule has 0 atom stereocenters. The van der Waals surface area contributed by atoms with Crippen LogP contribution >= 0.6 is 0 Å². The number of rotatable bonds is 8. The van der Waals surface area contributed by atoms with Crippen LogP contribution in [0.15, 0.2) is 83.8 Å². The third kappa shape index (κ3) is 5.58. The maximum absolute atomic E-state index is 12.4. The maximum atomic E-state index is 12.4. The zero-order chi connectivity index (χ0) is 20.7. The lowest BCUT2D eigenvalue weighted by Crippen LogP contribution is -2.25. The Hall–Kier alpha value is -3.32. The fourth-order valence-electron chi connectivity index (χ4n) is 2.75. The standard InChI is InChI=1S/C22H22N2O4S/c1-28-20-12-10-17(11-13-20)14-15-23-22(25)18-6-5-7-19(16-18)24-29(26,27)21-8-3-2-4-9-21/h2-13,16,24H,14-15H2,1H3,(H,23,25). The smallest absolute Gasteiger partial charge is 0.261 e. The van der Waals surface area contributed by atoms with Gasteiger partial charge in [0.05, 0.1) is 12.0 Å². The van der Waals surface area contributed by atoms with E-state index in [0.29, 0.717) is 24.2 Å². The fraction of sp³-hybridized carbons (Fsp3) is 0.136. The number of carbonyl (C=O) groups is 1. The molecule has 0 saturated carbocycles. The summed E-state index contributed by atoms with van der Waals surface area (Å²) in [6.07, 6.45) is 0.677. The molecule has 0 fully saturated rings. The van der Waals surface area contributed by atoms with E-state index in [1.165, 1.54) is 18.2 Å². The second kappa shape index (κ2) is 9.25. The second-order valence-corrected chi connectivity index (χ2v) is 8.04. The Bertz CT molecular complexity index is 1070. The number of ether oxygens (including phenoxy) is 1. The third-order valence-electron chi connectivity index (χ3n) is 4.29. The largest absolute Gasteiger partial charge is 0.497 e. The highest BCUT2D eigenvalue weighted by Gasteiger charge is 2.14. The lowest BCUT2D eigenvalue weighted by atomic mass is 10.1. The Labute approximate surface area is 170 Å². The highest BCUT2D eigenvalue weighted by Crippen LogP contribution is 2.17. The van der Waals surface area contributed by atoms with E-state index in [4.69, 9.17) is 4.74 Å². The minimum absolute atomic E-state index is 0.161. The minimum Gasteiger partial charge on any atom is -0.497 e. The van der Waals surface area contributed by atoms with Gasteiger partial charge in [-0.15, -0.1) is 0 Å². The van der Waals surface area contributed by atoms with E-state index in [1.807, 2.05) is 24.3 Å². The van der Waals surface area contributed by atoms with E-state index in [0.717, 1.165) is 11.3 Å². The third-order valence-corrected chi connectivity index (χ3v) is 5.69. The van der Waals surface area contributed by atoms with Crippen molar-refractivity contribution in [1.82, 2.24) is 5.32 Å². The Morgan fingerprint density at radius 2 is 1.66 bits per heavy atom. The van der Waals surface area contributed by atoms with Gasteiger partial charge in [0.2, 0.25) is 0 Å². The number of carbonyl (C=O) groups excluding carboxylic acids is 1. The molecular formula is C22H22N2O4S. The highest BCUT2D eigenvalue weighted by molar-refractivity contribution is 7.92. The SMILES string of the molecule is COc1ccc(CCNC(=O)c2cccc(NS(=O)(=O)c3ccccc3)c2)cc1. The van der Waals surface area contributed by atoms with Crippen molar-refractivity contribution in [3.63, 3.8) is 0 Å². The molecule has 2 N–H and O–H groups in total. The molecule has 3 rings (SSSR count). The number of amides is 1. The molecule has 0 bridgehead atoms. The van der Waals surface area contributed by atoms with Crippen molar-refractivity contribution in [3.8, 4) is 5.75 Å². The van der Waals surface area contributed by atoms with Crippen molar-refractivity contribution in [2.75, 3.05) is 18.4 Å². The quantitative estimate of drug-likeness (QED) is 0.596. The van der Waals surface area contributed by atoms with Crippen LogP contribution in [-0.4, -0.2) is 28.0 Å². The Balaban J connectivity index is 1.60. The molecule has 0 unspecified atom stereocenters. The molecule has 150 valence electrons. The first-order valence-corrected chi connectivity index (χ1v) is 10.6. The van der Waals surface area contributed by atoms with Gasteiger partial charge in [-0.2, -0.15) is 0 Å². The highest BCUT2D eigenvalue weighted by atomic mass is 32.2. The van der Waals surface area contributed by atoms with Crippen molar-refractivity contribution in [1.29, 1.82) is 0 Å². The number of hydrogen-bond donors (Lipinski definition) is 2. The van der Waals surface area contributed by atoms with Gasteiger partial charge in [-0.1, -0.05) is 36.4 Å². The minimum atomic E-state index is -3.71. The van der Waals surface area contributed by atoms with Gasteiger partial charge < -0.3 is 10.1 Å². The average molecular weight is 410 g/mol. The molecule has 29 heavy (non-hydrogen) atoms. The number of benzene rings is 3. The van der Waals surface area contributed by atoms with Crippen molar-refractivity contribution in [3.05, 3.63) is 90.0 Å². The van der Waals surface area contributed by atoms with Crippen LogP contribution in [0.25, 0.3) is 0 Å². The topological polar surface area (TPSA) is 84.5 Å². The first-order valence-electron chi connectivity index (χ1n) is 9.07. The van der Waals surface area contributed by atoms with Gasteiger partial charge in [0.15, 0.2) is 0 Å². The van der Waals surface area contributed by atoms with Gasteiger partial charge in [0.1, 0.15) is 5.75 Å². The van der Waals surface area contributed by atoms with Crippen LogP contribution < -0.4 is 14.8 Å². The van der Waals surface area contributed by atoms with Gasteiger partial charge >= 0.3 is 0 Å². The fourth-order valence-corrected chi connectivity index (χ4v) is 3.82. The van der Waals surface area contributed by atoms with Crippen molar-refractivity contribution in [2.24, 2.45) is 0 Å². The van der Waals surface area contributed by atoms with Crippen molar-refractivity contribution < 1.29 is 17.9 Å². The van der Waals surface area contributed by atoms with Crippen LogP contribution in [0, 0.1) is 0 Å². The van der Waals surface area contributed by atoms with Crippen molar-refractivity contribution >= 4 is 21.6 Å². The lowest BCUT2D eigenvalue weighted by Gasteiger charge is -2.10. The van der Waals surface area contributed by atoms with E-state index in [-0.39, 0.29) is 10.8 Å². The summed E-state index contributed by atoms with van der Waals surface area (Å²) < 4.78 is 32.5. The molecule has 0 aliphatic carbocycles. The number of hydrogen-bond acceptors (Lipinski definition) is 4. The molecule has 0 heterocycles. The van der Waals surface area contributed by atoms with Crippen LogP contribution in [0.1, 0.15) is 15.9 Å². The first kappa shape index (κ1) is 20.4. The number of methoxy groups -OCH3 is 1.